The maximum absolute atomic E-state index is 10.8. The molecule has 7 nitrogen and oxygen atoms in total. The molecule has 0 saturated heterocycles. The van der Waals surface area contributed by atoms with Crippen molar-refractivity contribution in [2.24, 2.45) is 5.14 Å². The molecule has 0 fully saturated rings. The Labute approximate surface area is 117 Å². The standard InChI is InChI=1S/C12H18N2O5S/c1-9-8-12(10(2)7-11(9)14(15)16)19-5-3-4-6-20(13,17)18/h7-8H,3-6H2,1-2H3,(H2,13,17,18). The van der Waals surface area contributed by atoms with Crippen molar-refractivity contribution in [1.82, 2.24) is 0 Å². The molecule has 0 atom stereocenters. The normalized spacial score (nSPS) is 11.3. The fourth-order valence-electron chi connectivity index (χ4n) is 1.71. The summed E-state index contributed by atoms with van der Waals surface area (Å²) in [5.74, 6) is 0.498. The molecule has 0 aromatic heterocycles. The molecule has 1 aromatic carbocycles. The second-order valence-corrected chi connectivity index (χ2v) is 6.32. The Morgan fingerprint density at radius 3 is 2.45 bits per heavy atom. The predicted molar refractivity (Wildman–Crippen MR) is 75.3 cm³/mol. The average molecular weight is 302 g/mol. The molecular weight excluding hydrogens is 284 g/mol. The first kappa shape index (κ1) is 16.4. The van der Waals surface area contributed by atoms with Gasteiger partial charge in [0.05, 0.1) is 17.3 Å². The minimum absolute atomic E-state index is 0.0593. The number of nitrogens with two attached hydrogens (primary N) is 1. The Bertz CT molecular complexity index is 598. The first-order valence-electron chi connectivity index (χ1n) is 6.09. The van der Waals surface area contributed by atoms with Crippen LogP contribution in [0.25, 0.3) is 0 Å². The first-order chi connectivity index (χ1) is 9.20. The minimum atomic E-state index is -3.43. The van der Waals surface area contributed by atoms with E-state index in [9.17, 15) is 18.5 Å². The number of primary sulfonamides is 1. The molecule has 2 N–H and O–H groups in total. The Morgan fingerprint density at radius 1 is 1.25 bits per heavy atom. The van der Waals surface area contributed by atoms with Gasteiger partial charge in [0.1, 0.15) is 5.75 Å². The summed E-state index contributed by atoms with van der Waals surface area (Å²) in [6.45, 7) is 3.71. The molecule has 8 heteroatoms. The molecule has 1 rings (SSSR count). The summed E-state index contributed by atoms with van der Waals surface area (Å²) in [7, 11) is -3.43. The van der Waals surface area contributed by atoms with Crippen LogP contribution in [0, 0.1) is 24.0 Å². The summed E-state index contributed by atoms with van der Waals surface area (Å²) in [5.41, 5.74) is 1.26. The van der Waals surface area contributed by atoms with Gasteiger partial charge in [0.2, 0.25) is 10.0 Å². The van der Waals surface area contributed by atoms with Crippen LogP contribution in [0.15, 0.2) is 12.1 Å². The third-order valence-corrected chi connectivity index (χ3v) is 3.63. The van der Waals surface area contributed by atoms with Crippen molar-refractivity contribution in [3.05, 3.63) is 33.4 Å². The van der Waals surface area contributed by atoms with Crippen molar-refractivity contribution in [2.45, 2.75) is 26.7 Å². The van der Waals surface area contributed by atoms with Crippen LogP contribution in [0.4, 0.5) is 5.69 Å². The smallest absolute Gasteiger partial charge is 0.272 e. The monoisotopic (exact) mass is 302 g/mol. The van der Waals surface area contributed by atoms with Crippen molar-refractivity contribution in [3.63, 3.8) is 0 Å². The summed E-state index contributed by atoms with van der Waals surface area (Å²) >= 11 is 0. The maximum atomic E-state index is 10.8. The third-order valence-electron chi connectivity index (χ3n) is 2.77. The van der Waals surface area contributed by atoms with Gasteiger partial charge in [-0.15, -0.1) is 0 Å². The zero-order valence-corrected chi connectivity index (χ0v) is 12.3. The van der Waals surface area contributed by atoms with E-state index in [4.69, 9.17) is 9.88 Å². The molecule has 0 unspecified atom stereocenters. The number of ether oxygens (including phenoxy) is 1. The lowest BCUT2D eigenvalue weighted by atomic mass is 10.1. The Kier molecular flexibility index (Phi) is 5.46. The van der Waals surface area contributed by atoms with Gasteiger partial charge in [0.15, 0.2) is 0 Å². The number of nitro groups is 1. The van der Waals surface area contributed by atoms with Crippen LogP contribution >= 0.6 is 0 Å². The molecule has 0 spiro atoms. The maximum Gasteiger partial charge on any atom is 0.272 e. The number of benzene rings is 1. The van der Waals surface area contributed by atoms with Gasteiger partial charge in [-0.3, -0.25) is 10.1 Å². The van der Waals surface area contributed by atoms with Gasteiger partial charge in [0.25, 0.3) is 5.69 Å². The van der Waals surface area contributed by atoms with Crippen LogP contribution in [0.2, 0.25) is 0 Å². The molecule has 0 aliphatic rings. The number of unbranched alkanes of at least 4 members (excludes halogenated alkanes) is 1. The molecule has 1 aromatic rings. The fourth-order valence-corrected chi connectivity index (χ4v) is 2.32. The number of nitrogens with zero attached hydrogens (tertiary/aromatic N) is 1. The van der Waals surface area contributed by atoms with Crippen molar-refractivity contribution >= 4 is 15.7 Å². The summed E-state index contributed by atoms with van der Waals surface area (Å²) in [6.07, 6.45) is 0.968. The number of sulfonamides is 1. The molecule has 0 aliphatic carbocycles. The van der Waals surface area contributed by atoms with Gasteiger partial charge in [0, 0.05) is 11.6 Å². The SMILES string of the molecule is Cc1cc([N+](=O)[O-])c(C)cc1OCCCCS(N)(=O)=O. The topological polar surface area (TPSA) is 113 Å². The van der Waals surface area contributed by atoms with E-state index in [1.165, 1.54) is 6.07 Å². The van der Waals surface area contributed by atoms with E-state index >= 15 is 0 Å². The lowest BCUT2D eigenvalue weighted by molar-refractivity contribution is -0.385. The van der Waals surface area contributed by atoms with Crippen LogP contribution in [-0.4, -0.2) is 25.7 Å². The van der Waals surface area contributed by atoms with Gasteiger partial charge in [-0.2, -0.15) is 0 Å². The summed E-state index contributed by atoms with van der Waals surface area (Å²) in [5, 5.41) is 15.7. The van der Waals surface area contributed by atoms with Gasteiger partial charge in [-0.1, -0.05) is 0 Å². The minimum Gasteiger partial charge on any atom is -0.493 e. The van der Waals surface area contributed by atoms with Crippen LogP contribution in [-0.2, 0) is 10.0 Å². The van der Waals surface area contributed by atoms with E-state index in [-0.39, 0.29) is 11.4 Å². The molecule has 0 heterocycles. The quantitative estimate of drug-likeness (QED) is 0.467. The number of nitro benzene ring substituents is 1. The summed E-state index contributed by atoms with van der Waals surface area (Å²) in [4.78, 5) is 10.3. The Hall–Kier alpha value is -1.67. The third kappa shape index (κ3) is 5.14. The highest BCUT2D eigenvalue weighted by Gasteiger charge is 2.13. The summed E-state index contributed by atoms with van der Waals surface area (Å²) in [6, 6.07) is 3.09. The zero-order valence-electron chi connectivity index (χ0n) is 11.5. The van der Waals surface area contributed by atoms with E-state index in [1.807, 2.05) is 0 Å². The number of aryl methyl sites for hydroxylation is 2. The van der Waals surface area contributed by atoms with E-state index in [0.717, 1.165) is 0 Å². The first-order valence-corrected chi connectivity index (χ1v) is 7.81. The number of hydrogen-bond donors (Lipinski definition) is 1. The number of rotatable bonds is 7. The average Bonchev–Trinajstić information content (AvgIpc) is 2.30. The number of hydrogen-bond acceptors (Lipinski definition) is 5. The van der Waals surface area contributed by atoms with Crippen LogP contribution < -0.4 is 9.88 Å². The van der Waals surface area contributed by atoms with Gasteiger partial charge < -0.3 is 4.74 Å². The Balaban J connectivity index is 2.57. The lowest BCUT2D eigenvalue weighted by Gasteiger charge is -2.10. The molecule has 0 aliphatic heterocycles. The van der Waals surface area contributed by atoms with Crippen molar-refractivity contribution in [2.75, 3.05) is 12.4 Å². The molecule has 0 radical (unpaired) electrons. The van der Waals surface area contributed by atoms with E-state index < -0.39 is 14.9 Å². The van der Waals surface area contributed by atoms with E-state index in [2.05, 4.69) is 0 Å². The van der Waals surface area contributed by atoms with Crippen LogP contribution in [0.3, 0.4) is 0 Å². The van der Waals surface area contributed by atoms with Crippen molar-refractivity contribution in [3.8, 4) is 5.75 Å². The molecule has 0 saturated carbocycles. The van der Waals surface area contributed by atoms with Crippen LogP contribution in [0.1, 0.15) is 24.0 Å². The molecule has 0 bridgehead atoms. The van der Waals surface area contributed by atoms with E-state index in [1.54, 1.807) is 19.9 Å². The van der Waals surface area contributed by atoms with Crippen molar-refractivity contribution in [1.29, 1.82) is 0 Å². The second-order valence-electron chi connectivity index (χ2n) is 4.58. The zero-order chi connectivity index (χ0) is 15.3. The largest absolute Gasteiger partial charge is 0.493 e. The highest BCUT2D eigenvalue weighted by atomic mass is 32.2. The Morgan fingerprint density at radius 2 is 1.90 bits per heavy atom. The summed E-state index contributed by atoms with van der Waals surface area (Å²) < 4.78 is 27.0. The molecule has 20 heavy (non-hydrogen) atoms. The van der Waals surface area contributed by atoms with Gasteiger partial charge >= 0.3 is 0 Å². The highest BCUT2D eigenvalue weighted by Crippen LogP contribution is 2.27. The lowest BCUT2D eigenvalue weighted by Crippen LogP contribution is -2.16. The predicted octanol–water partition coefficient (Wildman–Crippen LogP) is 1.66. The fraction of sp³-hybridized carbons (Fsp3) is 0.500. The molecule has 0 amide bonds. The van der Waals surface area contributed by atoms with Gasteiger partial charge in [-0.25, -0.2) is 13.6 Å². The van der Waals surface area contributed by atoms with Crippen LogP contribution in [0.5, 0.6) is 5.75 Å². The van der Waals surface area contributed by atoms with Crippen molar-refractivity contribution < 1.29 is 18.1 Å². The highest BCUT2D eigenvalue weighted by molar-refractivity contribution is 7.89. The molecule has 112 valence electrons. The van der Waals surface area contributed by atoms with Gasteiger partial charge in [-0.05, 0) is 38.3 Å². The second kappa shape index (κ2) is 6.67. The van der Waals surface area contributed by atoms with E-state index in [0.29, 0.717) is 36.3 Å². The molecular formula is C12H18N2O5S.